The molecule has 3 atom stereocenters. The van der Waals surface area contributed by atoms with Crippen LogP contribution < -0.4 is 16.0 Å². The third-order valence-corrected chi connectivity index (χ3v) is 3.54. The first-order valence-electron chi connectivity index (χ1n) is 7.37. The first-order chi connectivity index (χ1) is 9.79. The van der Waals surface area contributed by atoms with Crippen molar-refractivity contribution in [2.24, 2.45) is 11.8 Å². The van der Waals surface area contributed by atoms with Crippen molar-refractivity contribution in [3.05, 3.63) is 0 Å². The predicted molar refractivity (Wildman–Crippen MR) is 77.7 cm³/mol. The van der Waals surface area contributed by atoms with Gasteiger partial charge in [-0.15, -0.1) is 0 Å². The molecule has 0 bridgehead atoms. The summed E-state index contributed by atoms with van der Waals surface area (Å²) >= 11 is 0. The van der Waals surface area contributed by atoms with Crippen LogP contribution in [0.25, 0.3) is 0 Å². The molecule has 7 heteroatoms. The SMILES string of the molecule is CC(C)CNC(=O)C(C)NC(=O)NC1CCC(C(=O)O)C1. The number of hydrogen-bond acceptors (Lipinski definition) is 3. The Bertz CT molecular complexity index is 398. The Morgan fingerprint density at radius 1 is 1.19 bits per heavy atom. The molecule has 0 aromatic carbocycles. The first kappa shape index (κ1) is 17.3. The number of aliphatic carboxylic acids is 1. The molecule has 3 amide bonds. The number of hydrogen-bond donors (Lipinski definition) is 4. The summed E-state index contributed by atoms with van der Waals surface area (Å²) < 4.78 is 0. The topological polar surface area (TPSA) is 108 Å². The maximum absolute atomic E-state index is 11.8. The Kier molecular flexibility index (Phi) is 6.45. The Balaban J connectivity index is 2.30. The zero-order chi connectivity index (χ0) is 16.0. The highest BCUT2D eigenvalue weighted by Gasteiger charge is 2.30. The van der Waals surface area contributed by atoms with Crippen LogP contribution in [0.15, 0.2) is 0 Å². The zero-order valence-corrected chi connectivity index (χ0v) is 12.8. The van der Waals surface area contributed by atoms with E-state index in [0.29, 0.717) is 31.7 Å². The minimum atomic E-state index is -0.818. The summed E-state index contributed by atoms with van der Waals surface area (Å²) in [7, 11) is 0. The van der Waals surface area contributed by atoms with E-state index < -0.39 is 18.0 Å². The molecule has 1 rings (SSSR count). The molecule has 0 radical (unpaired) electrons. The Morgan fingerprint density at radius 2 is 1.86 bits per heavy atom. The molecule has 0 aliphatic heterocycles. The van der Waals surface area contributed by atoms with E-state index in [9.17, 15) is 14.4 Å². The van der Waals surface area contributed by atoms with Crippen molar-refractivity contribution in [2.75, 3.05) is 6.54 Å². The number of rotatable bonds is 6. The van der Waals surface area contributed by atoms with Gasteiger partial charge < -0.3 is 21.1 Å². The van der Waals surface area contributed by atoms with Crippen molar-refractivity contribution < 1.29 is 19.5 Å². The molecule has 0 aromatic rings. The van der Waals surface area contributed by atoms with Gasteiger partial charge in [-0.1, -0.05) is 13.8 Å². The maximum Gasteiger partial charge on any atom is 0.315 e. The molecule has 1 aliphatic rings. The summed E-state index contributed by atoms with van der Waals surface area (Å²) in [6.45, 7) is 6.16. The Morgan fingerprint density at radius 3 is 2.38 bits per heavy atom. The summed E-state index contributed by atoms with van der Waals surface area (Å²) in [6, 6.07) is -1.20. The number of urea groups is 1. The number of carboxylic acid groups (broad SMARTS) is 1. The third-order valence-electron chi connectivity index (χ3n) is 3.54. The van der Waals surface area contributed by atoms with Gasteiger partial charge in [0.2, 0.25) is 5.91 Å². The molecule has 1 aliphatic carbocycles. The summed E-state index contributed by atoms with van der Waals surface area (Å²) in [5, 5.41) is 16.9. The van der Waals surface area contributed by atoms with Gasteiger partial charge in [-0.3, -0.25) is 9.59 Å². The summed E-state index contributed by atoms with van der Waals surface area (Å²) in [5.41, 5.74) is 0. The van der Waals surface area contributed by atoms with Crippen LogP contribution >= 0.6 is 0 Å². The number of carbonyl (C=O) groups excluding carboxylic acids is 2. The number of carboxylic acids is 1. The maximum atomic E-state index is 11.8. The van der Waals surface area contributed by atoms with Crippen LogP contribution in [0.5, 0.6) is 0 Å². The van der Waals surface area contributed by atoms with Crippen LogP contribution in [0.3, 0.4) is 0 Å². The standard InChI is InChI=1S/C14H25N3O4/c1-8(2)7-15-12(18)9(3)16-14(21)17-11-5-4-10(6-11)13(19)20/h8-11H,4-7H2,1-3H3,(H,15,18)(H,19,20)(H2,16,17,21). The Labute approximate surface area is 124 Å². The van der Waals surface area contributed by atoms with E-state index in [4.69, 9.17) is 5.11 Å². The van der Waals surface area contributed by atoms with Gasteiger partial charge in [0.25, 0.3) is 0 Å². The highest BCUT2D eigenvalue weighted by atomic mass is 16.4. The van der Waals surface area contributed by atoms with Crippen LogP contribution in [-0.2, 0) is 9.59 Å². The van der Waals surface area contributed by atoms with Gasteiger partial charge in [-0.05, 0) is 32.1 Å². The van der Waals surface area contributed by atoms with Crippen molar-refractivity contribution in [3.8, 4) is 0 Å². The second kappa shape index (κ2) is 7.85. The first-order valence-corrected chi connectivity index (χ1v) is 7.37. The van der Waals surface area contributed by atoms with Crippen molar-refractivity contribution in [1.29, 1.82) is 0 Å². The zero-order valence-electron chi connectivity index (χ0n) is 12.8. The lowest BCUT2D eigenvalue weighted by Crippen LogP contribution is -2.50. The second-order valence-electron chi connectivity index (χ2n) is 6.02. The van der Waals surface area contributed by atoms with Gasteiger partial charge in [0, 0.05) is 12.6 Å². The fourth-order valence-corrected chi connectivity index (χ4v) is 2.28. The number of amides is 3. The van der Waals surface area contributed by atoms with Gasteiger partial charge in [0.1, 0.15) is 6.04 Å². The van der Waals surface area contributed by atoms with E-state index in [1.807, 2.05) is 13.8 Å². The molecule has 3 unspecified atom stereocenters. The van der Waals surface area contributed by atoms with E-state index in [1.54, 1.807) is 6.92 Å². The molecular weight excluding hydrogens is 274 g/mol. The molecule has 0 saturated heterocycles. The van der Waals surface area contributed by atoms with Crippen LogP contribution in [-0.4, -0.2) is 41.6 Å². The van der Waals surface area contributed by atoms with Crippen molar-refractivity contribution in [2.45, 2.75) is 52.1 Å². The molecule has 21 heavy (non-hydrogen) atoms. The molecule has 0 heterocycles. The fraction of sp³-hybridized carbons (Fsp3) is 0.786. The lowest BCUT2D eigenvalue weighted by Gasteiger charge is -2.18. The fourth-order valence-electron chi connectivity index (χ4n) is 2.28. The van der Waals surface area contributed by atoms with Crippen molar-refractivity contribution in [3.63, 3.8) is 0 Å². The average molecular weight is 299 g/mol. The minimum absolute atomic E-state index is 0.142. The van der Waals surface area contributed by atoms with Crippen LogP contribution in [0.1, 0.15) is 40.0 Å². The summed E-state index contributed by atoms with van der Waals surface area (Å²) in [4.78, 5) is 34.4. The molecular formula is C14H25N3O4. The van der Waals surface area contributed by atoms with Crippen LogP contribution in [0, 0.1) is 11.8 Å². The van der Waals surface area contributed by atoms with Gasteiger partial charge in [0.05, 0.1) is 5.92 Å². The largest absolute Gasteiger partial charge is 0.481 e. The lowest BCUT2D eigenvalue weighted by molar-refractivity contribution is -0.141. The van der Waals surface area contributed by atoms with Gasteiger partial charge in [-0.25, -0.2) is 4.79 Å². The molecule has 0 spiro atoms. The van der Waals surface area contributed by atoms with Gasteiger partial charge in [0.15, 0.2) is 0 Å². The van der Waals surface area contributed by atoms with Gasteiger partial charge >= 0.3 is 12.0 Å². The number of nitrogens with one attached hydrogen (secondary N) is 3. The molecule has 0 aromatic heterocycles. The minimum Gasteiger partial charge on any atom is -0.481 e. The lowest BCUT2D eigenvalue weighted by atomic mass is 10.1. The van der Waals surface area contributed by atoms with E-state index in [-0.39, 0.29) is 17.9 Å². The summed E-state index contributed by atoms with van der Waals surface area (Å²) in [6.07, 6.45) is 1.67. The monoisotopic (exact) mass is 299 g/mol. The highest BCUT2D eigenvalue weighted by Crippen LogP contribution is 2.25. The average Bonchev–Trinajstić information content (AvgIpc) is 2.84. The molecule has 7 nitrogen and oxygen atoms in total. The summed E-state index contributed by atoms with van der Waals surface area (Å²) in [5.74, 6) is -1.08. The van der Waals surface area contributed by atoms with Crippen molar-refractivity contribution in [1.82, 2.24) is 16.0 Å². The number of carbonyl (C=O) groups is 3. The molecule has 120 valence electrons. The highest BCUT2D eigenvalue weighted by molar-refractivity contribution is 5.86. The quantitative estimate of drug-likeness (QED) is 0.579. The van der Waals surface area contributed by atoms with E-state index in [0.717, 1.165) is 0 Å². The third kappa shape index (κ3) is 6.01. The Hall–Kier alpha value is -1.79. The second-order valence-corrected chi connectivity index (χ2v) is 6.02. The van der Waals surface area contributed by atoms with E-state index in [1.165, 1.54) is 0 Å². The van der Waals surface area contributed by atoms with E-state index in [2.05, 4.69) is 16.0 Å². The predicted octanol–water partition coefficient (Wildman–Crippen LogP) is 0.700. The molecule has 1 fully saturated rings. The normalized spacial score (nSPS) is 22.7. The molecule has 1 saturated carbocycles. The molecule has 4 N–H and O–H groups in total. The van der Waals surface area contributed by atoms with Gasteiger partial charge in [-0.2, -0.15) is 0 Å². The van der Waals surface area contributed by atoms with Crippen molar-refractivity contribution >= 4 is 17.9 Å². The van der Waals surface area contributed by atoms with Crippen LogP contribution in [0.4, 0.5) is 4.79 Å². The smallest absolute Gasteiger partial charge is 0.315 e. The van der Waals surface area contributed by atoms with E-state index >= 15 is 0 Å². The van der Waals surface area contributed by atoms with Crippen LogP contribution in [0.2, 0.25) is 0 Å².